The lowest BCUT2D eigenvalue weighted by molar-refractivity contribution is -0.142. The van der Waals surface area contributed by atoms with Crippen molar-refractivity contribution in [2.75, 3.05) is 13.2 Å². The number of fused-ring (bicyclic) bond motifs is 1. The second-order valence-electron chi connectivity index (χ2n) is 9.95. The van der Waals surface area contributed by atoms with Gasteiger partial charge in [0.05, 0.1) is 12.6 Å². The van der Waals surface area contributed by atoms with E-state index in [0.717, 1.165) is 16.5 Å². The quantitative estimate of drug-likeness (QED) is 0.0669. The number of nitrogens with two attached hydrogens (primary N) is 3. The number of para-hydroxylation sites is 1. The Morgan fingerprint density at radius 2 is 1.60 bits per heavy atom. The normalized spacial score (nSPS) is 14.1. The lowest BCUT2D eigenvalue weighted by Crippen LogP contribution is -2.58. The van der Waals surface area contributed by atoms with Gasteiger partial charge >= 0.3 is 5.97 Å². The van der Waals surface area contributed by atoms with Gasteiger partial charge in [-0.2, -0.15) is 0 Å². The number of benzene rings is 1. The van der Waals surface area contributed by atoms with Crippen LogP contribution in [0.15, 0.2) is 35.5 Å². The summed E-state index contributed by atoms with van der Waals surface area (Å²) in [7, 11) is 0. The number of H-pyrrole nitrogens is 1. The Bertz CT molecular complexity index is 1190. The van der Waals surface area contributed by atoms with Crippen LogP contribution in [0.25, 0.3) is 10.9 Å². The number of carboxylic acids is 1. The van der Waals surface area contributed by atoms with Crippen molar-refractivity contribution in [2.45, 2.75) is 63.7 Å². The minimum atomic E-state index is -1.38. The minimum absolute atomic E-state index is 0.0482. The first-order chi connectivity index (χ1) is 18.9. The zero-order valence-electron chi connectivity index (χ0n) is 22.7. The molecule has 12 N–H and O–H groups in total. The van der Waals surface area contributed by atoms with E-state index >= 15 is 0 Å². The summed E-state index contributed by atoms with van der Waals surface area (Å²) in [5.74, 6) is -3.60. The van der Waals surface area contributed by atoms with E-state index in [4.69, 9.17) is 17.2 Å². The summed E-state index contributed by atoms with van der Waals surface area (Å²) in [5, 5.41) is 27.6. The summed E-state index contributed by atoms with van der Waals surface area (Å²) < 4.78 is 0. The minimum Gasteiger partial charge on any atom is -0.480 e. The fraction of sp³-hybridized carbons (Fsp3) is 0.500. The molecule has 0 aliphatic heterocycles. The molecule has 14 nitrogen and oxygen atoms in total. The Morgan fingerprint density at radius 3 is 2.23 bits per heavy atom. The van der Waals surface area contributed by atoms with Gasteiger partial charge in [-0.3, -0.25) is 19.4 Å². The summed E-state index contributed by atoms with van der Waals surface area (Å²) in [6.07, 6.45) is 2.49. The van der Waals surface area contributed by atoms with Crippen LogP contribution < -0.4 is 33.2 Å². The molecule has 1 aromatic heterocycles. The van der Waals surface area contributed by atoms with Gasteiger partial charge in [0.1, 0.15) is 18.1 Å². The largest absolute Gasteiger partial charge is 0.480 e. The number of nitrogens with zero attached hydrogens (tertiary/aromatic N) is 1. The molecule has 2 rings (SSSR count). The third kappa shape index (κ3) is 9.85. The molecule has 220 valence electrons. The molecule has 40 heavy (non-hydrogen) atoms. The molecular weight excluding hydrogens is 520 g/mol. The van der Waals surface area contributed by atoms with E-state index in [2.05, 4.69) is 25.9 Å². The number of carboxylic acid groups (broad SMARTS) is 1. The number of aromatic amines is 1. The fourth-order valence-corrected chi connectivity index (χ4v) is 4.11. The highest BCUT2D eigenvalue weighted by molar-refractivity contribution is 5.94. The van der Waals surface area contributed by atoms with Gasteiger partial charge in [-0.1, -0.05) is 32.0 Å². The number of carbonyl (C=O) groups excluding carboxylic acids is 3. The van der Waals surface area contributed by atoms with Crippen molar-refractivity contribution in [2.24, 2.45) is 28.1 Å². The maximum absolute atomic E-state index is 13.0. The second-order valence-corrected chi connectivity index (χ2v) is 9.95. The number of hydrogen-bond donors (Lipinski definition) is 9. The van der Waals surface area contributed by atoms with Crippen LogP contribution in [0.5, 0.6) is 0 Å². The Kier molecular flexibility index (Phi) is 12.4. The van der Waals surface area contributed by atoms with Crippen LogP contribution in [0.3, 0.4) is 0 Å². The summed E-state index contributed by atoms with van der Waals surface area (Å²) in [6.45, 7) is 3.10. The number of carbonyl (C=O) groups is 4. The molecule has 3 amide bonds. The molecule has 0 fully saturated rings. The van der Waals surface area contributed by atoms with Crippen LogP contribution >= 0.6 is 0 Å². The summed E-state index contributed by atoms with van der Waals surface area (Å²) in [5.41, 5.74) is 18.3. The van der Waals surface area contributed by atoms with Crippen molar-refractivity contribution in [1.29, 1.82) is 0 Å². The molecule has 14 heteroatoms. The van der Waals surface area contributed by atoms with Crippen LogP contribution in [-0.4, -0.2) is 82.2 Å². The average molecular weight is 561 g/mol. The first-order valence-corrected chi connectivity index (χ1v) is 13.0. The van der Waals surface area contributed by atoms with Crippen molar-refractivity contribution < 1.29 is 29.4 Å². The number of aliphatic hydroxyl groups excluding tert-OH is 1. The highest BCUT2D eigenvalue weighted by Gasteiger charge is 2.30. The van der Waals surface area contributed by atoms with E-state index in [0.29, 0.717) is 6.42 Å². The number of aliphatic hydroxyl groups is 1. The lowest BCUT2D eigenvalue weighted by atomic mass is 10.0. The first-order valence-electron chi connectivity index (χ1n) is 13.0. The molecule has 0 bridgehead atoms. The van der Waals surface area contributed by atoms with Crippen LogP contribution in [0.1, 0.15) is 38.7 Å². The molecule has 4 atom stereocenters. The van der Waals surface area contributed by atoms with Gasteiger partial charge in [0.15, 0.2) is 5.96 Å². The molecule has 0 saturated heterocycles. The number of guanidine groups is 1. The molecule has 4 unspecified atom stereocenters. The average Bonchev–Trinajstić information content (AvgIpc) is 3.30. The third-order valence-corrected chi connectivity index (χ3v) is 6.17. The molecule has 0 aliphatic carbocycles. The molecule has 0 aliphatic rings. The maximum atomic E-state index is 13.0. The molecule has 1 heterocycles. The van der Waals surface area contributed by atoms with E-state index in [-0.39, 0.29) is 37.7 Å². The van der Waals surface area contributed by atoms with Crippen LogP contribution in [0.4, 0.5) is 0 Å². The zero-order valence-corrected chi connectivity index (χ0v) is 22.7. The van der Waals surface area contributed by atoms with Gasteiger partial charge in [0.25, 0.3) is 0 Å². The van der Waals surface area contributed by atoms with E-state index < -0.39 is 54.5 Å². The van der Waals surface area contributed by atoms with Gasteiger partial charge in [0, 0.05) is 23.6 Å². The summed E-state index contributed by atoms with van der Waals surface area (Å²) >= 11 is 0. The van der Waals surface area contributed by atoms with E-state index in [1.165, 1.54) is 0 Å². The first kappa shape index (κ1) is 32.0. The van der Waals surface area contributed by atoms with Crippen LogP contribution in [0, 0.1) is 5.92 Å². The Labute approximate surface area is 232 Å². The third-order valence-electron chi connectivity index (χ3n) is 6.17. The predicted molar refractivity (Wildman–Crippen MR) is 150 cm³/mol. The molecule has 0 spiro atoms. The van der Waals surface area contributed by atoms with Crippen molar-refractivity contribution in [3.63, 3.8) is 0 Å². The zero-order chi connectivity index (χ0) is 29.8. The van der Waals surface area contributed by atoms with Crippen molar-refractivity contribution >= 4 is 40.6 Å². The topological polar surface area (TPSA) is 251 Å². The van der Waals surface area contributed by atoms with E-state index in [1.807, 2.05) is 38.1 Å². The number of hydrogen-bond acceptors (Lipinski definition) is 7. The second kappa shape index (κ2) is 15.4. The van der Waals surface area contributed by atoms with Gasteiger partial charge in [-0.25, -0.2) is 4.79 Å². The van der Waals surface area contributed by atoms with Gasteiger partial charge in [-0.05, 0) is 43.2 Å². The van der Waals surface area contributed by atoms with E-state index in [9.17, 15) is 29.4 Å². The van der Waals surface area contributed by atoms with E-state index in [1.54, 1.807) is 6.20 Å². The van der Waals surface area contributed by atoms with Crippen molar-refractivity contribution in [3.05, 3.63) is 36.0 Å². The SMILES string of the molecule is CC(C)CC(NC(=O)C(CO)NC(=O)C(N)Cc1c[nH]c2ccccc12)C(=O)NC(CCCN=C(N)N)C(=O)O. The lowest BCUT2D eigenvalue weighted by Gasteiger charge is -2.25. The molecule has 1 aromatic carbocycles. The number of aliphatic imine (C=N–C) groups is 1. The Hall–Kier alpha value is -4.17. The van der Waals surface area contributed by atoms with Crippen molar-refractivity contribution in [3.8, 4) is 0 Å². The Balaban J connectivity index is 2.02. The number of rotatable bonds is 16. The summed E-state index contributed by atoms with van der Waals surface area (Å²) in [6, 6.07) is 2.81. The van der Waals surface area contributed by atoms with Gasteiger partial charge in [-0.15, -0.1) is 0 Å². The van der Waals surface area contributed by atoms with Crippen LogP contribution in [0.2, 0.25) is 0 Å². The smallest absolute Gasteiger partial charge is 0.326 e. The van der Waals surface area contributed by atoms with Crippen LogP contribution in [-0.2, 0) is 25.6 Å². The highest BCUT2D eigenvalue weighted by atomic mass is 16.4. The maximum Gasteiger partial charge on any atom is 0.326 e. The fourth-order valence-electron chi connectivity index (χ4n) is 4.11. The number of aromatic nitrogens is 1. The molecular formula is C26H40N8O6. The monoisotopic (exact) mass is 560 g/mol. The number of amides is 3. The predicted octanol–water partition coefficient (Wildman–Crippen LogP) is -1.33. The van der Waals surface area contributed by atoms with Crippen molar-refractivity contribution in [1.82, 2.24) is 20.9 Å². The number of nitrogens with one attached hydrogen (secondary N) is 4. The standard InChI is InChI=1S/C26H40N8O6/c1-14(2)10-20(23(37)32-19(25(39)40)8-5-9-30-26(28)29)33-24(38)21(13-35)34-22(36)17(27)11-15-12-31-18-7-4-3-6-16(15)18/h3-4,6-7,12,14,17,19-21,31,35H,5,8-11,13,27H2,1-2H3,(H,32,37)(H,33,38)(H,34,36)(H,39,40)(H4,28,29,30). The Morgan fingerprint density at radius 1 is 0.975 bits per heavy atom. The molecule has 0 radical (unpaired) electrons. The van der Waals surface area contributed by atoms with Gasteiger partial charge in [0.2, 0.25) is 17.7 Å². The summed E-state index contributed by atoms with van der Waals surface area (Å²) in [4.78, 5) is 57.2. The number of aliphatic carboxylic acids is 1. The molecule has 2 aromatic rings. The molecule has 0 saturated carbocycles. The van der Waals surface area contributed by atoms with Gasteiger partial charge < -0.3 is 48.3 Å². The highest BCUT2D eigenvalue weighted by Crippen LogP contribution is 2.18.